The average molecular weight is 371 g/mol. The first-order chi connectivity index (χ1) is 12.5. The molecule has 1 heterocycles. The Labute approximate surface area is 154 Å². The summed E-state index contributed by atoms with van der Waals surface area (Å²) < 4.78 is 5.30. The predicted octanol–water partition coefficient (Wildman–Crippen LogP) is 4.32. The van der Waals surface area contributed by atoms with Crippen molar-refractivity contribution < 1.29 is 14.6 Å². The number of hydrogen-bond acceptors (Lipinski definition) is 6. The number of rotatable bonds is 6. The van der Waals surface area contributed by atoms with Crippen molar-refractivity contribution in [3.8, 4) is 5.75 Å². The number of carboxylic acids is 1. The molecule has 7 nitrogen and oxygen atoms in total. The van der Waals surface area contributed by atoms with Crippen molar-refractivity contribution in [1.29, 1.82) is 0 Å². The standard InChI is InChI=1S/C18H15ClN4O3/c1-26-15-6-5-12(19)8-14(15)23-17-9-16(20-10-21-17)22-13-4-2-3-11(7-13)18(24)25/h2-10H,1H3,(H,24,25)(H2,20,21,22,23). The Hall–Kier alpha value is -3.32. The van der Waals surface area contributed by atoms with Crippen LogP contribution in [0.2, 0.25) is 5.02 Å². The molecular formula is C18H15ClN4O3. The smallest absolute Gasteiger partial charge is 0.335 e. The Balaban J connectivity index is 1.82. The highest BCUT2D eigenvalue weighted by atomic mass is 35.5. The molecule has 0 bridgehead atoms. The fourth-order valence-corrected chi connectivity index (χ4v) is 2.46. The van der Waals surface area contributed by atoms with Crippen LogP contribution >= 0.6 is 11.6 Å². The summed E-state index contributed by atoms with van der Waals surface area (Å²) in [5.74, 6) is 0.659. The van der Waals surface area contributed by atoms with Crippen molar-refractivity contribution in [2.45, 2.75) is 0 Å². The van der Waals surface area contributed by atoms with Gasteiger partial charge in [0.2, 0.25) is 0 Å². The van der Waals surface area contributed by atoms with Crippen LogP contribution in [-0.4, -0.2) is 28.2 Å². The molecule has 0 aliphatic carbocycles. The maximum absolute atomic E-state index is 11.1. The highest BCUT2D eigenvalue weighted by Gasteiger charge is 2.07. The molecule has 0 saturated heterocycles. The maximum atomic E-state index is 11.1. The van der Waals surface area contributed by atoms with Crippen LogP contribution < -0.4 is 15.4 Å². The van der Waals surface area contributed by atoms with E-state index in [-0.39, 0.29) is 5.56 Å². The zero-order valence-corrected chi connectivity index (χ0v) is 14.5. The van der Waals surface area contributed by atoms with Gasteiger partial charge in [-0.2, -0.15) is 0 Å². The molecule has 0 fully saturated rings. The summed E-state index contributed by atoms with van der Waals surface area (Å²) in [5.41, 5.74) is 1.46. The van der Waals surface area contributed by atoms with E-state index in [0.29, 0.717) is 33.8 Å². The molecule has 132 valence electrons. The van der Waals surface area contributed by atoms with Crippen molar-refractivity contribution in [3.05, 3.63) is 65.4 Å². The molecule has 0 unspecified atom stereocenters. The van der Waals surface area contributed by atoms with E-state index in [4.69, 9.17) is 21.4 Å². The Morgan fingerprint density at radius 3 is 2.58 bits per heavy atom. The second-order valence-corrected chi connectivity index (χ2v) is 5.71. The molecule has 0 aliphatic rings. The zero-order chi connectivity index (χ0) is 18.5. The molecule has 3 aromatic rings. The number of hydrogen-bond donors (Lipinski definition) is 3. The third kappa shape index (κ3) is 4.20. The Bertz CT molecular complexity index is 949. The molecule has 8 heteroatoms. The normalized spacial score (nSPS) is 10.2. The van der Waals surface area contributed by atoms with Gasteiger partial charge in [-0.05, 0) is 36.4 Å². The van der Waals surface area contributed by atoms with E-state index in [2.05, 4.69) is 20.6 Å². The molecule has 26 heavy (non-hydrogen) atoms. The van der Waals surface area contributed by atoms with Crippen LogP contribution in [-0.2, 0) is 0 Å². The van der Waals surface area contributed by atoms with Gasteiger partial charge < -0.3 is 20.5 Å². The van der Waals surface area contributed by atoms with Crippen molar-refractivity contribution in [1.82, 2.24) is 9.97 Å². The monoisotopic (exact) mass is 370 g/mol. The van der Waals surface area contributed by atoms with Crippen LogP contribution in [0.1, 0.15) is 10.4 Å². The van der Waals surface area contributed by atoms with E-state index < -0.39 is 5.97 Å². The molecule has 3 rings (SSSR count). The summed E-state index contributed by atoms with van der Waals surface area (Å²) >= 11 is 6.03. The molecule has 0 aliphatic heterocycles. The fraction of sp³-hybridized carbons (Fsp3) is 0.0556. The third-order valence-corrected chi connectivity index (χ3v) is 3.71. The fourth-order valence-electron chi connectivity index (χ4n) is 2.29. The molecule has 0 atom stereocenters. The van der Waals surface area contributed by atoms with Crippen LogP contribution in [0.15, 0.2) is 54.9 Å². The van der Waals surface area contributed by atoms with Crippen LogP contribution in [0.25, 0.3) is 0 Å². The highest BCUT2D eigenvalue weighted by molar-refractivity contribution is 6.31. The lowest BCUT2D eigenvalue weighted by molar-refractivity contribution is 0.0697. The molecule has 1 aromatic heterocycles. The quantitative estimate of drug-likeness (QED) is 0.594. The molecule has 3 N–H and O–H groups in total. The van der Waals surface area contributed by atoms with E-state index in [1.165, 1.54) is 18.5 Å². The number of aromatic carboxylic acids is 1. The van der Waals surface area contributed by atoms with Gasteiger partial charge in [-0.15, -0.1) is 0 Å². The SMILES string of the molecule is COc1ccc(Cl)cc1Nc1cc(Nc2cccc(C(=O)O)c2)ncn1. The Morgan fingerprint density at radius 2 is 1.85 bits per heavy atom. The minimum Gasteiger partial charge on any atom is -0.495 e. The molecular weight excluding hydrogens is 356 g/mol. The van der Waals surface area contributed by atoms with Gasteiger partial charge in [0, 0.05) is 16.8 Å². The van der Waals surface area contributed by atoms with E-state index in [9.17, 15) is 4.79 Å². The van der Waals surface area contributed by atoms with Gasteiger partial charge in [0.15, 0.2) is 0 Å². The number of benzene rings is 2. The second-order valence-electron chi connectivity index (χ2n) is 5.27. The summed E-state index contributed by atoms with van der Waals surface area (Å²) in [4.78, 5) is 19.4. The van der Waals surface area contributed by atoms with Gasteiger partial charge in [0.1, 0.15) is 23.7 Å². The van der Waals surface area contributed by atoms with Crippen molar-refractivity contribution in [2.75, 3.05) is 17.7 Å². The van der Waals surface area contributed by atoms with Crippen molar-refractivity contribution >= 4 is 40.6 Å². The van der Waals surface area contributed by atoms with Crippen LogP contribution in [0.5, 0.6) is 5.75 Å². The van der Waals surface area contributed by atoms with Crippen LogP contribution in [0.4, 0.5) is 23.0 Å². The summed E-state index contributed by atoms with van der Waals surface area (Å²) in [6.45, 7) is 0. The number of halogens is 1. The average Bonchev–Trinajstić information content (AvgIpc) is 2.62. The third-order valence-electron chi connectivity index (χ3n) is 3.47. The number of nitrogens with one attached hydrogen (secondary N) is 2. The number of anilines is 4. The number of nitrogens with zero attached hydrogens (tertiary/aromatic N) is 2. The van der Waals surface area contributed by atoms with Crippen molar-refractivity contribution in [2.24, 2.45) is 0 Å². The molecule has 0 radical (unpaired) electrons. The number of ether oxygens (including phenoxy) is 1. The summed E-state index contributed by atoms with van der Waals surface area (Å²) in [6.07, 6.45) is 1.39. The summed E-state index contributed by atoms with van der Waals surface area (Å²) in [7, 11) is 1.57. The lowest BCUT2D eigenvalue weighted by atomic mass is 10.2. The lowest BCUT2D eigenvalue weighted by Crippen LogP contribution is -2.01. The Morgan fingerprint density at radius 1 is 1.08 bits per heavy atom. The number of methoxy groups -OCH3 is 1. The predicted molar refractivity (Wildman–Crippen MR) is 100 cm³/mol. The maximum Gasteiger partial charge on any atom is 0.335 e. The minimum absolute atomic E-state index is 0.186. The number of carbonyl (C=O) groups is 1. The topological polar surface area (TPSA) is 96.4 Å². The van der Waals surface area contributed by atoms with Gasteiger partial charge in [-0.3, -0.25) is 0 Å². The first-order valence-electron chi connectivity index (χ1n) is 7.58. The van der Waals surface area contributed by atoms with Crippen LogP contribution in [0, 0.1) is 0 Å². The molecule has 0 saturated carbocycles. The first-order valence-corrected chi connectivity index (χ1v) is 7.96. The highest BCUT2D eigenvalue weighted by Crippen LogP contribution is 2.30. The first kappa shape index (κ1) is 17.5. The minimum atomic E-state index is -0.994. The molecule has 0 amide bonds. The largest absolute Gasteiger partial charge is 0.495 e. The van der Waals surface area contributed by atoms with Gasteiger partial charge in [0.25, 0.3) is 0 Å². The molecule has 0 spiro atoms. The van der Waals surface area contributed by atoms with Gasteiger partial charge in [-0.25, -0.2) is 14.8 Å². The van der Waals surface area contributed by atoms with Gasteiger partial charge in [-0.1, -0.05) is 17.7 Å². The lowest BCUT2D eigenvalue weighted by Gasteiger charge is -2.12. The zero-order valence-electron chi connectivity index (χ0n) is 13.7. The van der Waals surface area contributed by atoms with Gasteiger partial charge in [0.05, 0.1) is 18.4 Å². The van der Waals surface area contributed by atoms with E-state index in [0.717, 1.165) is 0 Å². The number of carboxylic acid groups (broad SMARTS) is 1. The van der Waals surface area contributed by atoms with Crippen molar-refractivity contribution in [3.63, 3.8) is 0 Å². The number of aromatic nitrogens is 2. The van der Waals surface area contributed by atoms with E-state index in [1.54, 1.807) is 43.5 Å². The summed E-state index contributed by atoms with van der Waals surface area (Å²) in [5, 5.41) is 15.8. The second kappa shape index (κ2) is 7.71. The van der Waals surface area contributed by atoms with Gasteiger partial charge >= 0.3 is 5.97 Å². The van der Waals surface area contributed by atoms with Crippen LogP contribution in [0.3, 0.4) is 0 Å². The summed E-state index contributed by atoms with van der Waals surface area (Å²) in [6, 6.07) is 13.4. The Kier molecular flexibility index (Phi) is 5.19. The van der Waals surface area contributed by atoms with E-state index in [1.807, 2.05) is 0 Å². The molecule has 2 aromatic carbocycles. The van der Waals surface area contributed by atoms with E-state index >= 15 is 0 Å².